The molecule has 6 amide bonds. The zero-order chi connectivity index (χ0) is 97.6. The van der Waals surface area contributed by atoms with Gasteiger partial charge in [0.1, 0.15) is 36.5 Å². The van der Waals surface area contributed by atoms with Crippen molar-refractivity contribution in [1.29, 1.82) is 0 Å². The van der Waals surface area contributed by atoms with Gasteiger partial charge in [-0.05, 0) is 297 Å². The summed E-state index contributed by atoms with van der Waals surface area (Å²) in [6, 6.07) is 92.7. The first-order valence-corrected chi connectivity index (χ1v) is 45.3. The van der Waals surface area contributed by atoms with Crippen LogP contribution in [0.2, 0.25) is 15.1 Å². The molecule has 0 fully saturated rings. The summed E-state index contributed by atoms with van der Waals surface area (Å²) in [5, 5.41) is 31.1. The van der Waals surface area contributed by atoms with Gasteiger partial charge in [0.2, 0.25) is 11.1 Å². The zero-order valence-corrected chi connectivity index (χ0v) is 78.6. The van der Waals surface area contributed by atoms with Gasteiger partial charge in [-0.3, -0.25) is 28.8 Å². The largest absolute Gasteiger partial charge is 0.488 e. The van der Waals surface area contributed by atoms with Crippen LogP contribution in [0.4, 0.5) is 61.3 Å². The molecule has 4 heterocycles. The number of halogens is 9. The molecule has 13 aromatic rings. The lowest BCUT2D eigenvalue weighted by Gasteiger charge is -2.43. The summed E-state index contributed by atoms with van der Waals surface area (Å²) >= 11 is 27.3. The molecule has 0 unspecified atom stereocenters. The van der Waals surface area contributed by atoms with E-state index in [-0.39, 0.29) is 114 Å². The fraction of sp³-hybridized carbons (Fsp3) is 0.189. The second-order valence-electron chi connectivity index (χ2n) is 32.1. The first-order valence-electron chi connectivity index (χ1n) is 43.4. The van der Waals surface area contributed by atoms with E-state index >= 15 is 0 Å². The maximum absolute atomic E-state index is 13.3. The summed E-state index contributed by atoms with van der Waals surface area (Å²) < 4.78 is 62.7. The van der Waals surface area contributed by atoms with Crippen LogP contribution >= 0.6 is 58.0 Å². The molecule has 0 aliphatic carbocycles. The van der Waals surface area contributed by atoms with Crippen molar-refractivity contribution in [2.24, 2.45) is 0 Å². The highest BCUT2D eigenvalue weighted by Crippen LogP contribution is 2.45. The predicted molar refractivity (Wildman–Crippen MR) is 530 cm³/mol. The van der Waals surface area contributed by atoms with Gasteiger partial charge >= 0.3 is 19.3 Å². The molecule has 30 heteroatoms. The molecule has 8 atom stereocenters. The Hall–Kier alpha value is -13.6. The SMILES string of the molecule is CC(=O)Cl.CC(=O)N(c1ccc(Cl)cc1)[C@@H]1C[C@H](C)N(C(=O)c2ccc(F)cc2)c2ccccc21.C[C@H]1C[C@@H](NC(=O)OCc2ccccc2)c2ccccc2N1.C[C@H]1C[C@@H](NC(=O)OCc2ccccc2)c2ccccc2N1C(=O)c1ccc(F)cc1.C[C@H]1C[C@@H](Nc2ccc(Cl)cc2)c2ccccc2N1C(=O)c1ccc(F)cc1.O=C(Cl)c1ccc(F)cc1.OB(O)c1ccc(Cl)cc1. The standard InChI is InChI=1S/C25H22ClFN2O2.C25H23FN2O3.C23H20ClFN2O.C18H20N2O2.C7H4ClFO.C6H6BClO2.C2H3ClO/c1-16-15-24(29(17(2)30)21-13-9-19(26)10-14-21)22-5-3-4-6-23(22)28(16)25(31)18-7-11-20(27)12-8-18;1-17-15-22(27-25(30)31-16-18-7-3-2-4-8-18)21-9-5-6-10-23(21)28(17)24(29)19-11-13-20(26)14-12-19;1-15-14-21(26-19-12-8-17(24)9-13-19)20-4-2-3-5-22(20)27(15)23(28)16-6-10-18(25)11-7-16;1-13-11-17(15-9-5-6-10-16(15)19-13)20-18(21)22-12-14-7-3-2-4-8-14;8-7(10)5-1-3-6(9)4-2-5;8-6-3-1-5(2-4-6)7(9)10;1-2(3)4/h3-14,16,24H,15H2,1-2H3;2-14,17,22H,15-16H2,1H3,(H,27,30);2-13,15,21,26H,14H2,1H3;2-10,13,17,19H,11-12H2,1H3,(H,20,21);1-4H;1-4,9-10H;1H3/t16-,24+;17-,22+;15-,21+;13-,17+;;;/m0000.../s1. The Bertz CT molecular complexity index is 6200. The van der Waals surface area contributed by atoms with Crippen LogP contribution in [-0.4, -0.2) is 87.6 Å². The van der Waals surface area contributed by atoms with Crippen LogP contribution in [-0.2, 0) is 32.3 Å². The van der Waals surface area contributed by atoms with E-state index in [0.717, 1.165) is 80.3 Å². The Labute approximate surface area is 812 Å². The molecule has 0 spiro atoms. The topological polar surface area (TPSA) is 257 Å². The molecule has 0 saturated heterocycles. The fourth-order valence-corrected chi connectivity index (χ4v) is 16.4. The van der Waals surface area contributed by atoms with E-state index in [4.69, 9.17) is 65.9 Å². The molecule has 0 saturated carbocycles. The van der Waals surface area contributed by atoms with Crippen molar-refractivity contribution in [3.8, 4) is 0 Å². The van der Waals surface area contributed by atoms with Crippen molar-refractivity contribution in [3.05, 3.63) is 422 Å². The summed E-state index contributed by atoms with van der Waals surface area (Å²) in [4.78, 5) is 103. The zero-order valence-electron chi connectivity index (χ0n) is 74.8. The number of hydrogen-bond acceptors (Lipinski definition) is 14. The Morgan fingerprint density at radius 3 is 1.13 bits per heavy atom. The number of nitrogens with one attached hydrogen (secondary N) is 4. The molecule has 20 nitrogen and oxygen atoms in total. The third-order valence-electron chi connectivity index (χ3n) is 22.2. The lowest BCUT2D eigenvalue weighted by atomic mass is 9.81. The van der Waals surface area contributed by atoms with Gasteiger partial charge in [-0.25, -0.2) is 27.2 Å². The maximum atomic E-state index is 13.3. The first-order chi connectivity index (χ1) is 65.3. The van der Waals surface area contributed by atoms with Crippen LogP contribution in [0.25, 0.3) is 0 Å². The fourth-order valence-electron chi connectivity index (χ4n) is 15.9. The predicted octanol–water partition coefficient (Wildman–Crippen LogP) is 24.2. The Kier molecular flexibility index (Phi) is 37.9. The quantitative estimate of drug-likeness (QED) is 0.0317. The van der Waals surface area contributed by atoms with Gasteiger partial charge in [0.15, 0.2) is 0 Å². The number of alkyl carbamates (subject to hydrolysis) is 2. The van der Waals surface area contributed by atoms with Crippen LogP contribution < -0.4 is 46.3 Å². The Balaban J connectivity index is 0.000000161. The second kappa shape index (κ2) is 50.1. The van der Waals surface area contributed by atoms with Crippen LogP contribution in [0.15, 0.2) is 328 Å². The molecule has 0 radical (unpaired) electrons. The van der Waals surface area contributed by atoms with E-state index in [9.17, 15) is 55.9 Å². The Morgan fingerprint density at radius 1 is 0.397 bits per heavy atom. The second-order valence-corrected chi connectivity index (χ2v) is 34.3. The molecular formula is C106H98BCl5F4N8O12. The van der Waals surface area contributed by atoms with Gasteiger partial charge in [-0.1, -0.05) is 180 Å². The monoisotopic (exact) mass is 1940 g/mol. The van der Waals surface area contributed by atoms with E-state index in [2.05, 4.69) is 39.8 Å². The van der Waals surface area contributed by atoms with Crippen LogP contribution in [0.3, 0.4) is 0 Å². The maximum Gasteiger partial charge on any atom is 0.488 e. The number of fused-ring (bicyclic) bond motifs is 4. The first kappa shape index (κ1) is 103. The van der Waals surface area contributed by atoms with Crippen molar-refractivity contribution < 1.29 is 75.4 Å². The number of benzene rings is 13. The number of nitrogens with zero attached hydrogens (tertiary/aromatic N) is 4. The summed E-state index contributed by atoms with van der Waals surface area (Å²) in [7, 11) is -1.41. The average molecular weight is 1940 g/mol. The van der Waals surface area contributed by atoms with Crippen molar-refractivity contribution in [3.63, 3.8) is 0 Å². The lowest BCUT2D eigenvalue weighted by molar-refractivity contribution is -0.117. The van der Waals surface area contributed by atoms with Crippen molar-refractivity contribution in [2.75, 3.05) is 30.2 Å². The third-order valence-corrected chi connectivity index (χ3v) is 23.2. The number of amides is 6. The molecule has 0 bridgehead atoms. The average Bonchev–Trinajstić information content (AvgIpc) is 0.739. The summed E-state index contributed by atoms with van der Waals surface area (Å²) in [5.74, 6) is -2.11. The minimum atomic E-state index is -1.41. The molecule has 13 aromatic carbocycles. The highest BCUT2D eigenvalue weighted by Gasteiger charge is 2.40. The van der Waals surface area contributed by atoms with Crippen LogP contribution in [0.5, 0.6) is 0 Å². The minimum Gasteiger partial charge on any atom is -0.445 e. The normalized spacial score (nSPS) is 16.6. The number of ether oxygens (including phenoxy) is 2. The van der Waals surface area contributed by atoms with E-state index in [1.54, 1.807) is 51.1 Å². The van der Waals surface area contributed by atoms with Gasteiger partial charge in [0, 0.05) is 109 Å². The number of rotatable bonds is 15. The molecular weight excluding hydrogens is 1840 g/mol. The lowest BCUT2D eigenvalue weighted by Crippen LogP contribution is -2.47. The van der Waals surface area contributed by atoms with Crippen molar-refractivity contribution >= 4 is 151 Å². The van der Waals surface area contributed by atoms with Crippen molar-refractivity contribution in [1.82, 2.24) is 10.6 Å². The molecule has 700 valence electrons. The van der Waals surface area contributed by atoms with Crippen molar-refractivity contribution in [2.45, 2.75) is 129 Å². The highest BCUT2D eigenvalue weighted by atomic mass is 35.5. The minimum absolute atomic E-state index is 0.0164. The summed E-state index contributed by atoms with van der Waals surface area (Å²) in [6.45, 7) is 11.3. The van der Waals surface area contributed by atoms with Crippen LogP contribution in [0, 0.1) is 23.3 Å². The molecule has 6 N–H and O–H groups in total. The molecule has 4 aliphatic heterocycles. The smallest absolute Gasteiger partial charge is 0.445 e. The van der Waals surface area contributed by atoms with E-state index in [0.29, 0.717) is 61.7 Å². The van der Waals surface area contributed by atoms with E-state index < -0.39 is 18.5 Å². The number of carbonyl (C=O) groups excluding carboxylic acids is 8. The third kappa shape index (κ3) is 29.2. The number of hydrogen-bond donors (Lipinski definition) is 6. The van der Waals surface area contributed by atoms with Gasteiger partial charge in [0.25, 0.3) is 23.0 Å². The number of para-hydroxylation sites is 4. The highest BCUT2D eigenvalue weighted by molar-refractivity contribution is 6.67. The summed E-state index contributed by atoms with van der Waals surface area (Å²) in [5.41, 5.74) is 13.0. The van der Waals surface area contributed by atoms with E-state index in [1.165, 1.54) is 111 Å². The summed E-state index contributed by atoms with van der Waals surface area (Å²) in [6.07, 6.45) is 1.81. The molecule has 0 aromatic heterocycles. The van der Waals surface area contributed by atoms with Crippen LogP contribution in [0.1, 0.15) is 166 Å². The Morgan fingerprint density at radius 2 is 0.728 bits per heavy atom. The van der Waals surface area contributed by atoms with E-state index in [1.807, 2.05) is 220 Å². The number of carbonyl (C=O) groups is 8. The number of anilines is 6. The van der Waals surface area contributed by atoms with Gasteiger partial charge in [-0.2, -0.15) is 0 Å². The van der Waals surface area contributed by atoms with Gasteiger partial charge < -0.3 is 60.4 Å². The molecule has 17 rings (SSSR count). The molecule has 4 aliphatic rings. The molecule has 136 heavy (non-hydrogen) atoms. The van der Waals surface area contributed by atoms with Gasteiger partial charge in [0.05, 0.1) is 24.2 Å². The van der Waals surface area contributed by atoms with Gasteiger partial charge in [-0.15, -0.1) is 0 Å².